The number of rotatable bonds is 4. The van der Waals surface area contributed by atoms with Gasteiger partial charge in [0.25, 0.3) is 0 Å². The number of aromatic nitrogens is 2. The molecule has 1 aliphatic rings. The van der Waals surface area contributed by atoms with E-state index in [1.165, 1.54) is 0 Å². The fraction of sp³-hybridized carbons (Fsp3) is 0.556. The van der Waals surface area contributed by atoms with Crippen LogP contribution in [-0.4, -0.2) is 21.4 Å². The molecule has 0 bridgehead atoms. The summed E-state index contributed by atoms with van der Waals surface area (Å²) in [6, 6.07) is 0. The van der Waals surface area contributed by atoms with Crippen LogP contribution in [0.1, 0.15) is 13.3 Å². The van der Waals surface area contributed by atoms with Gasteiger partial charge in [-0.1, -0.05) is 6.92 Å². The number of anilines is 1. The standard InChI is InChI=1S/C9H11ClN4O2/c1-5-2-6(5)3-11-8-7(14(15)16)4-12-9(10)13-8/h4-6H,2-3H2,1H3,(H,11,12,13). The summed E-state index contributed by atoms with van der Waals surface area (Å²) in [4.78, 5) is 17.6. The number of hydrogen-bond acceptors (Lipinski definition) is 5. The Morgan fingerprint density at radius 1 is 1.75 bits per heavy atom. The van der Waals surface area contributed by atoms with Crippen LogP contribution in [-0.2, 0) is 0 Å². The van der Waals surface area contributed by atoms with Gasteiger partial charge in [-0.05, 0) is 29.9 Å². The van der Waals surface area contributed by atoms with Gasteiger partial charge < -0.3 is 5.32 Å². The lowest BCUT2D eigenvalue weighted by atomic mass is 10.3. The van der Waals surface area contributed by atoms with E-state index in [-0.39, 0.29) is 16.8 Å². The predicted octanol–water partition coefficient (Wildman–Crippen LogP) is 2.11. The highest BCUT2D eigenvalue weighted by molar-refractivity contribution is 6.28. The van der Waals surface area contributed by atoms with Crippen LogP contribution in [0, 0.1) is 22.0 Å². The van der Waals surface area contributed by atoms with Gasteiger partial charge in [0.1, 0.15) is 6.20 Å². The van der Waals surface area contributed by atoms with E-state index in [2.05, 4.69) is 22.2 Å². The van der Waals surface area contributed by atoms with Gasteiger partial charge in [-0.3, -0.25) is 10.1 Å². The van der Waals surface area contributed by atoms with Crippen molar-refractivity contribution in [3.8, 4) is 0 Å². The Hall–Kier alpha value is -1.43. The van der Waals surface area contributed by atoms with Crippen molar-refractivity contribution in [3.63, 3.8) is 0 Å². The SMILES string of the molecule is CC1CC1CNc1nc(Cl)ncc1[N+](=O)[O-]. The molecule has 2 unspecified atom stereocenters. The fourth-order valence-electron chi connectivity index (χ4n) is 1.53. The van der Waals surface area contributed by atoms with Gasteiger partial charge in [0.05, 0.1) is 4.92 Å². The molecule has 1 aromatic heterocycles. The maximum atomic E-state index is 10.7. The smallest absolute Gasteiger partial charge is 0.329 e. The second-order valence-electron chi connectivity index (χ2n) is 3.98. The molecule has 86 valence electrons. The zero-order valence-corrected chi connectivity index (χ0v) is 9.44. The van der Waals surface area contributed by atoms with Crippen molar-refractivity contribution in [2.24, 2.45) is 11.8 Å². The zero-order valence-electron chi connectivity index (χ0n) is 8.68. The number of nitro groups is 1. The molecule has 0 aliphatic heterocycles. The number of nitrogens with zero attached hydrogens (tertiary/aromatic N) is 3. The van der Waals surface area contributed by atoms with Gasteiger partial charge in [-0.15, -0.1) is 0 Å². The molecule has 16 heavy (non-hydrogen) atoms. The first kappa shape index (κ1) is 11.1. The maximum Gasteiger partial charge on any atom is 0.329 e. The first-order valence-electron chi connectivity index (χ1n) is 4.98. The fourth-order valence-corrected chi connectivity index (χ4v) is 1.66. The predicted molar refractivity (Wildman–Crippen MR) is 59.5 cm³/mol. The Labute approximate surface area is 97.2 Å². The van der Waals surface area contributed by atoms with Crippen LogP contribution in [0.5, 0.6) is 0 Å². The summed E-state index contributed by atoms with van der Waals surface area (Å²) < 4.78 is 0. The molecule has 7 heteroatoms. The van der Waals surface area contributed by atoms with Gasteiger partial charge in [0, 0.05) is 6.54 Å². The van der Waals surface area contributed by atoms with Crippen LogP contribution in [0.4, 0.5) is 11.5 Å². The number of nitrogens with one attached hydrogen (secondary N) is 1. The second-order valence-corrected chi connectivity index (χ2v) is 4.32. The molecule has 1 aromatic rings. The monoisotopic (exact) mass is 242 g/mol. The molecule has 6 nitrogen and oxygen atoms in total. The van der Waals surface area contributed by atoms with Crippen molar-refractivity contribution in [2.45, 2.75) is 13.3 Å². The van der Waals surface area contributed by atoms with E-state index in [1.807, 2.05) is 0 Å². The molecule has 0 aromatic carbocycles. The Morgan fingerprint density at radius 3 is 3.00 bits per heavy atom. The van der Waals surface area contributed by atoms with Crippen molar-refractivity contribution in [1.82, 2.24) is 9.97 Å². The van der Waals surface area contributed by atoms with Crippen molar-refractivity contribution in [2.75, 3.05) is 11.9 Å². The summed E-state index contributed by atoms with van der Waals surface area (Å²) in [6.07, 6.45) is 2.27. The second kappa shape index (κ2) is 4.21. The number of hydrogen-bond donors (Lipinski definition) is 1. The van der Waals surface area contributed by atoms with Crippen molar-refractivity contribution in [3.05, 3.63) is 21.6 Å². The zero-order chi connectivity index (χ0) is 11.7. The molecule has 0 radical (unpaired) electrons. The van der Waals surface area contributed by atoms with Gasteiger partial charge in [-0.2, -0.15) is 4.98 Å². The largest absolute Gasteiger partial charge is 0.364 e. The third-order valence-electron chi connectivity index (χ3n) is 2.74. The van der Waals surface area contributed by atoms with Crippen LogP contribution in [0.25, 0.3) is 0 Å². The van der Waals surface area contributed by atoms with Crippen LogP contribution < -0.4 is 5.32 Å². The lowest BCUT2D eigenvalue weighted by molar-refractivity contribution is -0.384. The molecule has 0 spiro atoms. The molecule has 1 saturated carbocycles. The van der Waals surface area contributed by atoms with Gasteiger partial charge in [-0.25, -0.2) is 4.98 Å². The Kier molecular flexibility index (Phi) is 2.91. The average Bonchev–Trinajstić information content (AvgIpc) is 2.91. The van der Waals surface area contributed by atoms with E-state index in [4.69, 9.17) is 11.6 Å². The lowest BCUT2D eigenvalue weighted by Crippen LogP contribution is -2.09. The van der Waals surface area contributed by atoms with Gasteiger partial charge in [0.15, 0.2) is 0 Å². The van der Waals surface area contributed by atoms with E-state index in [9.17, 15) is 10.1 Å². The van der Waals surface area contributed by atoms with Crippen molar-refractivity contribution < 1.29 is 4.92 Å². The average molecular weight is 243 g/mol. The van der Waals surface area contributed by atoms with E-state index in [1.54, 1.807) is 0 Å². The molecule has 2 atom stereocenters. The molecule has 1 fully saturated rings. The maximum absolute atomic E-state index is 10.7. The minimum Gasteiger partial charge on any atom is -0.364 e. The highest BCUT2D eigenvalue weighted by atomic mass is 35.5. The first-order valence-corrected chi connectivity index (χ1v) is 5.36. The van der Waals surface area contributed by atoms with E-state index >= 15 is 0 Å². The van der Waals surface area contributed by atoms with E-state index < -0.39 is 4.92 Å². The highest BCUT2D eigenvalue weighted by Crippen LogP contribution is 2.37. The molecular weight excluding hydrogens is 232 g/mol. The van der Waals surface area contributed by atoms with Crippen LogP contribution >= 0.6 is 11.6 Å². The number of halogens is 1. The molecule has 2 rings (SSSR count). The third-order valence-corrected chi connectivity index (χ3v) is 2.93. The summed E-state index contributed by atoms with van der Waals surface area (Å²) >= 11 is 5.60. The Morgan fingerprint density at radius 2 is 2.44 bits per heavy atom. The van der Waals surface area contributed by atoms with Crippen molar-refractivity contribution >= 4 is 23.1 Å². The Bertz CT molecular complexity index is 426. The Balaban J connectivity index is 2.10. The summed E-state index contributed by atoms with van der Waals surface area (Å²) in [5.41, 5.74) is -0.141. The normalized spacial score (nSPS) is 22.9. The lowest BCUT2D eigenvalue weighted by Gasteiger charge is -2.04. The van der Waals surface area contributed by atoms with Gasteiger partial charge >= 0.3 is 5.69 Å². The first-order chi connectivity index (χ1) is 7.58. The molecule has 1 heterocycles. The minimum absolute atomic E-state index is 0.0111. The topological polar surface area (TPSA) is 81.0 Å². The molecule has 1 N–H and O–H groups in total. The van der Waals surface area contributed by atoms with E-state index in [0.717, 1.165) is 12.6 Å². The molecule has 0 amide bonds. The summed E-state index contributed by atoms with van der Waals surface area (Å²) in [5.74, 6) is 1.46. The van der Waals surface area contributed by atoms with Gasteiger partial charge in [0.2, 0.25) is 11.1 Å². The highest BCUT2D eigenvalue weighted by Gasteiger charge is 2.32. The van der Waals surface area contributed by atoms with Crippen LogP contribution in [0.3, 0.4) is 0 Å². The van der Waals surface area contributed by atoms with E-state index in [0.29, 0.717) is 18.4 Å². The summed E-state index contributed by atoms with van der Waals surface area (Å²) in [6.45, 7) is 2.84. The third kappa shape index (κ3) is 2.38. The molecular formula is C9H11ClN4O2. The summed E-state index contributed by atoms with van der Waals surface area (Å²) in [7, 11) is 0. The molecule has 1 aliphatic carbocycles. The summed E-state index contributed by atoms with van der Waals surface area (Å²) in [5, 5.41) is 13.7. The minimum atomic E-state index is -0.519. The van der Waals surface area contributed by atoms with Crippen LogP contribution in [0.15, 0.2) is 6.20 Å². The quantitative estimate of drug-likeness (QED) is 0.497. The van der Waals surface area contributed by atoms with Crippen LogP contribution in [0.2, 0.25) is 5.28 Å². The molecule has 0 saturated heterocycles. The van der Waals surface area contributed by atoms with Crippen molar-refractivity contribution in [1.29, 1.82) is 0 Å².